The van der Waals surface area contributed by atoms with Gasteiger partial charge in [-0.25, -0.2) is 9.97 Å². The summed E-state index contributed by atoms with van der Waals surface area (Å²) in [6.45, 7) is 0. The Hall–Kier alpha value is -2.41. The number of nitrogens with zero attached hydrogens (tertiary/aromatic N) is 4. The molecule has 3 rings (SSSR count). The monoisotopic (exact) mass is 286 g/mol. The van der Waals surface area contributed by atoms with Crippen molar-refractivity contribution in [3.05, 3.63) is 64.7 Å². The standard InChI is InChI=1S/C13H10N4O2S/c18-17(19)10-4-5-13(15-7-10)20-9-11-8-14-12-3-1-2-6-16(11)12/h1-8H,9H2. The van der Waals surface area contributed by atoms with Crippen molar-refractivity contribution in [2.75, 3.05) is 0 Å². The van der Waals surface area contributed by atoms with E-state index in [1.807, 2.05) is 35.0 Å². The number of aromatic nitrogens is 3. The predicted molar refractivity (Wildman–Crippen MR) is 75.6 cm³/mol. The average Bonchev–Trinajstić information content (AvgIpc) is 2.89. The highest BCUT2D eigenvalue weighted by molar-refractivity contribution is 7.98. The van der Waals surface area contributed by atoms with E-state index in [-0.39, 0.29) is 5.69 Å². The molecule has 7 heteroatoms. The summed E-state index contributed by atoms with van der Waals surface area (Å²) < 4.78 is 2.01. The molecule has 0 aromatic carbocycles. The van der Waals surface area contributed by atoms with E-state index in [2.05, 4.69) is 9.97 Å². The fraction of sp³-hybridized carbons (Fsp3) is 0.0769. The van der Waals surface area contributed by atoms with Crippen molar-refractivity contribution in [1.82, 2.24) is 14.4 Å². The molecule has 0 aliphatic heterocycles. The van der Waals surface area contributed by atoms with Gasteiger partial charge in [0.2, 0.25) is 0 Å². The number of thioether (sulfide) groups is 1. The summed E-state index contributed by atoms with van der Waals surface area (Å²) in [6.07, 6.45) is 5.06. The first-order chi connectivity index (χ1) is 9.74. The van der Waals surface area contributed by atoms with Crippen LogP contribution in [0.2, 0.25) is 0 Å². The molecule has 0 N–H and O–H groups in total. The van der Waals surface area contributed by atoms with Gasteiger partial charge in [-0.3, -0.25) is 10.1 Å². The van der Waals surface area contributed by atoms with E-state index in [0.29, 0.717) is 5.75 Å². The number of rotatable bonds is 4. The highest BCUT2D eigenvalue weighted by Crippen LogP contribution is 2.22. The highest BCUT2D eigenvalue weighted by Gasteiger charge is 2.07. The Morgan fingerprint density at radius 3 is 2.85 bits per heavy atom. The van der Waals surface area contributed by atoms with Gasteiger partial charge in [-0.2, -0.15) is 0 Å². The Morgan fingerprint density at radius 1 is 1.20 bits per heavy atom. The minimum absolute atomic E-state index is 0.00384. The molecule has 0 fully saturated rings. The molecular weight excluding hydrogens is 276 g/mol. The molecule has 20 heavy (non-hydrogen) atoms. The molecule has 0 spiro atoms. The molecule has 100 valence electrons. The number of fused-ring (bicyclic) bond motifs is 1. The van der Waals surface area contributed by atoms with Crippen LogP contribution in [0, 0.1) is 10.1 Å². The molecule has 0 atom stereocenters. The van der Waals surface area contributed by atoms with E-state index >= 15 is 0 Å². The maximum absolute atomic E-state index is 10.6. The molecule has 3 aromatic rings. The highest BCUT2D eigenvalue weighted by atomic mass is 32.2. The van der Waals surface area contributed by atoms with E-state index in [4.69, 9.17) is 0 Å². The minimum atomic E-state index is -0.452. The molecule has 0 aliphatic carbocycles. The number of pyridine rings is 2. The van der Waals surface area contributed by atoms with Crippen LogP contribution < -0.4 is 0 Å². The minimum Gasteiger partial charge on any atom is -0.303 e. The van der Waals surface area contributed by atoms with Crippen LogP contribution in [-0.2, 0) is 5.75 Å². The first-order valence-corrected chi connectivity index (χ1v) is 6.87. The molecule has 0 radical (unpaired) electrons. The summed E-state index contributed by atoms with van der Waals surface area (Å²) in [5.41, 5.74) is 1.97. The van der Waals surface area contributed by atoms with Crippen LogP contribution in [0.15, 0.2) is 53.9 Å². The van der Waals surface area contributed by atoms with Crippen molar-refractivity contribution in [2.24, 2.45) is 0 Å². The lowest BCUT2D eigenvalue weighted by molar-refractivity contribution is -0.385. The summed E-state index contributed by atoms with van der Waals surface area (Å²) in [5.74, 6) is 0.704. The third-order valence-corrected chi connectivity index (χ3v) is 3.77. The Kier molecular flexibility index (Phi) is 3.34. The van der Waals surface area contributed by atoms with Crippen molar-refractivity contribution >= 4 is 23.1 Å². The summed E-state index contributed by atoms with van der Waals surface area (Å²) >= 11 is 1.52. The first kappa shape index (κ1) is 12.6. The normalized spacial score (nSPS) is 10.8. The van der Waals surface area contributed by atoms with E-state index in [1.165, 1.54) is 24.0 Å². The van der Waals surface area contributed by atoms with Crippen molar-refractivity contribution in [3.8, 4) is 0 Å². The van der Waals surface area contributed by atoms with Crippen LogP contribution in [0.4, 0.5) is 5.69 Å². The van der Waals surface area contributed by atoms with Crippen LogP contribution in [0.1, 0.15) is 5.69 Å². The topological polar surface area (TPSA) is 73.3 Å². The third-order valence-electron chi connectivity index (χ3n) is 2.79. The maximum atomic E-state index is 10.6. The second-order valence-electron chi connectivity index (χ2n) is 4.08. The summed E-state index contributed by atoms with van der Waals surface area (Å²) in [5, 5.41) is 11.3. The van der Waals surface area contributed by atoms with Gasteiger partial charge in [-0.05, 0) is 18.2 Å². The molecule has 6 nitrogen and oxygen atoms in total. The molecule has 3 aromatic heterocycles. The molecule has 3 heterocycles. The number of nitro groups is 1. The SMILES string of the molecule is O=[N+]([O-])c1ccc(SCc2cnc3ccccn23)nc1. The van der Waals surface area contributed by atoms with Crippen molar-refractivity contribution in [3.63, 3.8) is 0 Å². The van der Waals surface area contributed by atoms with E-state index in [1.54, 1.807) is 6.07 Å². The lowest BCUT2D eigenvalue weighted by atomic mass is 10.4. The lowest BCUT2D eigenvalue weighted by Gasteiger charge is -2.01. The van der Waals surface area contributed by atoms with Crippen molar-refractivity contribution in [1.29, 1.82) is 0 Å². The second-order valence-corrected chi connectivity index (χ2v) is 5.07. The lowest BCUT2D eigenvalue weighted by Crippen LogP contribution is -1.91. The molecule has 0 unspecified atom stereocenters. The summed E-state index contributed by atoms with van der Waals surface area (Å²) in [6, 6.07) is 8.96. The maximum Gasteiger partial charge on any atom is 0.287 e. The van der Waals surface area contributed by atoms with E-state index < -0.39 is 4.92 Å². The molecule has 0 amide bonds. The third kappa shape index (κ3) is 2.48. The molecular formula is C13H10N4O2S. The van der Waals surface area contributed by atoms with Crippen LogP contribution >= 0.6 is 11.8 Å². The Morgan fingerprint density at radius 2 is 2.10 bits per heavy atom. The fourth-order valence-electron chi connectivity index (χ4n) is 1.81. The molecule has 0 saturated heterocycles. The van der Waals surface area contributed by atoms with Gasteiger partial charge in [0.1, 0.15) is 11.8 Å². The Labute approximate surface area is 118 Å². The van der Waals surface area contributed by atoms with Gasteiger partial charge in [-0.15, -0.1) is 11.8 Å². The zero-order valence-corrected chi connectivity index (χ0v) is 11.2. The molecule has 0 bridgehead atoms. The van der Waals surface area contributed by atoms with Gasteiger partial charge in [0.25, 0.3) is 5.69 Å². The number of hydrogen-bond donors (Lipinski definition) is 0. The van der Waals surface area contributed by atoms with Gasteiger partial charge in [0.15, 0.2) is 0 Å². The van der Waals surface area contributed by atoms with E-state index in [9.17, 15) is 10.1 Å². The van der Waals surface area contributed by atoms with Crippen molar-refractivity contribution < 1.29 is 4.92 Å². The average molecular weight is 286 g/mol. The number of imidazole rings is 1. The zero-order chi connectivity index (χ0) is 13.9. The van der Waals surface area contributed by atoms with Gasteiger partial charge >= 0.3 is 0 Å². The smallest absolute Gasteiger partial charge is 0.287 e. The van der Waals surface area contributed by atoms with Crippen LogP contribution in [0.3, 0.4) is 0 Å². The van der Waals surface area contributed by atoms with Gasteiger partial charge < -0.3 is 4.40 Å². The summed E-state index contributed by atoms with van der Waals surface area (Å²) in [4.78, 5) is 18.5. The zero-order valence-electron chi connectivity index (χ0n) is 10.3. The van der Waals surface area contributed by atoms with Gasteiger partial charge in [-0.1, -0.05) is 6.07 Å². The second kappa shape index (κ2) is 5.30. The first-order valence-electron chi connectivity index (χ1n) is 5.88. The molecule has 0 saturated carbocycles. The molecule has 0 aliphatic rings. The predicted octanol–water partition coefficient (Wildman–Crippen LogP) is 2.93. The number of hydrogen-bond acceptors (Lipinski definition) is 5. The quantitative estimate of drug-likeness (QED) is 0.419. The van der Waals surface area contributed by atoms with Crippen LogP contribution in [0.5, 0.6) is 0 Å². The fourth-order valence-corrected chi connectivity index (χ4v) is 2.61. The van der Waals surface area contributed by atoms with Crippen molar-refractivity contribution in [2.45, 2.75) is 10.8 Å². The van der Waals surface area contributed by atoms with Gasteiger partial charge in [0.05, 0.1) is 21.8 Å². The van der Waals surface area contributed by atoms with Crippen LogP contribution in [0.25, 0.3) is 5.65 Å². The summed E-state index contributed by atoms with van der Waals surface area (Å²) in [7, 11) is 0. The Balaban J connectivity index is 1.74. The Bertz CT molecular complexity index is 754. The van der Waals surface area contributed by atoms with Crippen LogP contribution in [-0.4, -0.2) is 19.3 Å². The van der Waals surface area contributed by atoms with Gasteiger partial charge in [0, 0.05) is 18.0 Å². The largest absolute Gasteiger partial charge is 0.303 e. The van der Waals surface area contributed by atoms with E-state index in [0.717, 1.165) is 16.4 Å².